The van der Waals surface area contributed by atoms with E-state index in [1.54, 1.807) is 65.8 Å². The van der Waals surface area contributed by atoms with Crippen molar-refractivity contribution in [3.63, 3.8) is 0 Å². The molecule has 1 aliphatic rings. The summed E-state index contributed by atoms with van der Waals surface area (Å²) in [6.45, 7) is 10.1. The first-order valence-electron chi connectivity index (χ1n) is 15.2. The summed E-state index contributed by atoms with van der Waals surface area (Å²) in [7, 11) is 0. The fourth-order valence-electron chi connectivity index (χ4n) is 4.85. The van der Waals surface area contributed by atoms with Gasteiger partial charge in [0, 0.05) is 18.0 Å². The van der Waals surface area contributed by atoms with Crippen LogP contribution in [0.4, 0.5) is 4.79 Å². The van der Waals surface area contributed by atoms with Gasteiger partial charge in [0.2, 0.25) is 17.7 Å². The molecule has 0 saturated heterocycles. The predicted octanol–water partition coefficient (Wildman–Crippen LogP) is 3.54. The molecule has 0 radical (unpaired) electrons. The summed E-state index contributed by atoms with van der Waals surface area (Å²) in [6.07, 6.45) is 5.60. The second-order valence-corrected chi connectivity index (χ2v) is 13.3. The van der Waals surface area contributed by atoms with Crippen LogP contribution in [0, 0.1) is 12.3 Å². The van der Waals surface area contributed by atoms with E-state index in [0.717, 1.165) is 5.56 Å². The van der Waals surface area contributed by atoms with Crippen molar-refractivity contribution in [2.75, 3.05) is 0 Å². The van der Waals surface area contributed by atoms with Crippen molar-refractivity contribution in [3.05, 3.63) is 71.3 Å². The molecule has 0 bridgehead atoms. The largest absolute Gasteiger partial charge is 0.458 e. The quantitative estimate of drug-likeness (QED) is 0.239. The van der Waals surface area contributed by atoms with Crippen molar-refractivity contribution in [1.82, 2.24) is 15.5 Å². The van der Waals surface area contributed by atoms with E-state index in [4.69, 9.17) is 21.6 Å². The average molecular weight is 633 g/mol. The third-order valence-electron chi connectivity index (χ3n) is 6.82. The molecule has 246 valence electrons. The van der Waals surface area contributed by atoms with Crippen LogP contribution in [-0.2, 0) is 35.1 Å². The second-order valence-electron chi connectivity index (χ2n) is 13.3. The van der Waals surface area contributed by atoms with Crippen molar-refractivity contribution in [3.8, 4) is 12.3 Å². The Kier molecular flexibility index (Phi) is 11.6. The van der Waals surface area contributed by atoms with Crippen molar-refractivity contribution < 1.29 is 33.4 Å². The minimum atomic E-state index is -1.44. The number of alkyl carbamates (subject to hydrolysis) is 1. The summed E-state index contributed by atoms with van der Waals surface area (Å²) >= 11 is 0. The Morgan fingerprint density at radius 2 is 1.48 bits per heavy atom. The molecule has 11 heteroatoms. The summed E-state index contributed by atoms with van der Waals surface area (Å²) in [5.74, 6) is -0.340. The van der Waals surface area contributed by atoms with Gasteiger partial charge in [0.05, 0.1) is 6.42 Å². The number of carbonyl (C=O) groups excluding carboxylic acids is 5. The van der Waals surface area contributed by atoms with Gasteiger partial charge >= 0.3 is 12.1 Å². The van der Waals surface area contributed by atoms with Crippen molar-refractivity contribution in [2.45, 2.75) is 103 Å². The van der Waals surface area contributed by atoms with Crippen LogP contribution in [0.1, 0.15) is 83.5 Å². The van der Waals surface area contributed by atoms with E-state index < -0.39 is 71.6 Å². The summed E-state index contributed by atoms with van der Waals surface area (Å²) < 4.78 is 11.0. The summed E-state index contributed by atoms with van der Waals surface area (Å²) in [5.41, 5.74) is 5.22. The number of benzene rings is 2. The molecule has 1 saturated carbocycles. The fraction of sp³-hybridized carbons (Fsp3) is 0.457. The Balaban J connectivity index is 2.08. The standard InChI is InChI=1S/C35H44N4O7/c1-8-23-16-12-13-17-25(23)29(30(41)37-27(32(43)45-34(2,3)4)20-22-14-10-9-11-15-22)39(24-18-19-24)31(42)26(21-28(36)40)38-33(44)46-35(5,6)7/h1,9-17,24,26-27,29H,18-21H2,2-7H3,(H2,36,40)(H,37,41)(H,38,44). The van der Waals surface area contributed by atoms with Crippen molar-refractivity contribution in [1.29, 1.82) is 0 Å². The lowest BCUT2D eigenvalue weighted by Gasteiger charge is -2.35. The highest BCUT2D eigenvalue weighted by atomic mass is 16.6. The highest BCUT2D eigenvalue weighted by Gasteiger charge is 2.45. The molecule has 3 unspecified atom stereocenters. The van der Waals surface area contributed by atoms with Crippen LogP contribution in [0.25, 0.3) is 0 Å². The van der Waals surface area contributed by atoms with E-state index in [0.29, 0.717) is 24.0 Å². The normalized spacial score (nSPS) is 14.9. The minimum absolute atomic E-state index is 0.118. The first-order chi connectivity index (χ1) is 21.5. The monoisotopic (exact) mass is 632 g/mol. The molecule has 3 atom stereocenters. The van der Waals surface area contributed by atoms with E-state index in [1.165, 1.54) is 4.90 Å². The topological polar surface area (TPSA) is 157 Å². The Morgan fingerprint density at radius 1 is 0.891 bits per heavy atom. The summed E-state index contributed by atoms with van der Waals surface area (Å²) in [4.78, 5) is 68.3. The zero-order valence-electron chi connectivity index (χ0n) is 27.3. The van der Waals surface area contributed by atoms with E-state index in [-0.39, 0.29) is 6.42 Å². The zero-order valence-corrected chi connectivity index (χ0v) is 27.3. The number of primary amides is 1. The highest BCUT2D eigenvalue weighted by molar-refractivity contribution is 5.96. The number of hydrogen-bond acceptors (Lipinski definition) is 7. The molecular weight excluding hydrogens is 588 g/mol. The van der Waals surface area contributed by atoms with Gasteiger partial charge in [0.15, 0.2) is 0 Å². The van der Waals surface area contributed by atoms with Crippen LogP contribution >= 0.6 is 0 Å². The van der Waals surface area contributed by atoms with Crippen LogP contribution in [0.2, 0.25) is 0 Å². The molecule has 4 amide bonds. The average Bonchev–Trinajstić information content (AvgIpc) is 3.78. The molecule has 11 nitrogen and oxygen atoms in total. The second kappa shape index (κ2) is 15.0. The van der Waals surface area contributed by atoms with Gasteiger partial charge in [-0.15, -0.1) is 6.42 Å². The molecule has 0 heterocycles. The molecular formula is C35H44N4O7. The molecule has 0 spiro atoms. The van der Waals surface area contributed by atoms with Gasteiger partial charge in [-0.05, 0) is 71.6 Å². The number of amides is 4. The van der Waals surface area contributed by atoms with E-state index in [1.807, 2.05) is 30.3 Å². The third-order valence-corrected chi connectivity index (χ3v) is 6.82. The maximum absolute atomic E-state index is 14.4. The predicted molar refractivity (Wildman–Crippen MR) is 172 cm³/mol. The number of carbonyl (C=O) groups is 5. The number of nitrogens with zero attached hydrogens (tertiary/aromatic N) is 1. The minimum Gasteiger partial charge on any atom is -0.458 e. The number of hydrogen-bond donors (Lipinski definition) is 3. The fourth-order valence-corrected chi connectivity index (χ4v) is 4.85. The molecule has 4 N–H and O–H groups in total. The van der Waals surface area contributed by atoms with Gasteiger partial charge in [-0.3, -0.25) is 14.4 Å². The number of terminal acetylenes is 1. The number of nitrogens with two attached hydrogens (primary N) is 1. The lowest BCUT2D eigenvalue weighted by molar-refractivity contribution is -0.159. The van der Waals surface area contributed by atoms with Gasteiger partial charge in [-0.1, -0.05) is 54.5 Å². The molecule has 2 aromatic carbocycles. The zero-order chi connectivity index (χ0) is 34.2. The van der Waals surface area contributed by atoms with Gasteiger partial charge in [0.25, 0.3) is 0 Å². The molecule has 2 aromatic rings. The van der Waals surface area contributed by atoms with E-state index in [9.17, 15) is 24.0 Å². The lowest BCUT2D eigenvalue weighted by Crippen LogP contribution is -2.56. The van der Waals surface area contributed by atoms with Crippen LogP contribution in [0.3, 0.4) is 0 Å². The van der Waals surface area contributed by atoms with Crippen LogP contribution in [-0.4, -0.2) is 64.0 Å². The number of rotatable bonds is 12. The van der Waals surface area contributed by atoms with Gasteiger partial charge in [0.1, 0.15) is 29.3 Å². The van der Waals surface area contributed by atoms with Crippen LogP contribution in [0.15, 0.2) is 54.6 Å². The Morgan fingerprint density at radius 3 is 2.02 bits per heavy atom. The Labute approximate surface area is 270 Å². The number of esters is 1. The number of ether oxygens (including phenoxy) is 2. The molecule has 1 aliphatic carbocycles. The first kappa shape index (κ1) is 35.6. The lowest BCUT2D eigenvalue weighted by atomic mass is 9.96. The molecule has 46 heavy (non-hydrogen) atoms. The third kappa shape index (κ3) is 10.6. The van der Waals surface area contributed by atoms with Crippen LogP contribution < -0.4 is 16.4 Å². The smallest absolute Gasteiger partial charge is 0.408 e. The van der Waals surface area contributed by atoms with E-state index in [2.05, 4.69) is 16.6 Å². The maximum Gasteiger partial charge on any atom is 0.408 e. The van der Waals surface area contributed by atoms with Crippen molar-refractivity contribution >= 4 is 29.8 Å². The number of nitrogens with one attached hydrogen (secondary N) is 2. The summed E-state index contributed by atoms with van der Waals surface area (Å²) in [5, 5.41) is 5.29. The van der Waals surface area contributed by atoms with Gasteiger partial charge in [-0.2, -0.15) is 0 Å². The first-order valence-corrected chi connectivity index (χ1v) is 15.2. The SMILES string of the molecule is C#Cc1ccccc1C(C(=O)NC(Cc1ccccc1)C(=O)OC(C)(C)C)N(C(=O)C(CC(N)=O)NC(=O)OC(C)(C)C)C1CC1. The molecule has 3 rings (SSSR count). The van der Waals surface area contributed by atoms with Gasteiger partial charge < -0.3 is 30.7 Å². The molecule has 0 aromatic heterocycles. The summed E-state index contributed by atoms with van der Waals surface area (Å²) in [6, 6.07) is 11.5. The maximum atomic E-state index is 14.4. The van der Waals surface area contributed by atoms with Gasteiger partial charge in [-0.25, -0.2) is 9.59 Å². The Hall–Kier alpha value is -4.85. The van der Waals surface area contributed by atoms with Crippen molar-refractivity contribution in [2.24, 2.45) is 5.73 Å². The van der Waals surface area contributed by atoms with E-state index >= 15 is 0 Å². The molecule has 0 aliphatic heterocycles. The van der Waals surface area contributed by atoms with Crippen LogP contribution in [0.5, 0.6) is 0 Å². The highest BCUT2D eigenvalue weighted by Crippen LogP contribution is 2.37. The molecule has 1 fully saturated rings. The Bertz CT molecular complexity index is 1470.